The second kappa shape index (κ2) is 25.9. The van der Waals surface area contributed by atoms with Gasteiger partial charge in [-0.25, -0.2) is 0 Å². The van der Waals surface area contributed by atoms with Crippen molar-refractivity contribution in [1.29, 1.82) is 0 Å². The second-order valence-electron chi connectivity index (χ2n) is 12.5. The van der Waals surface area contributed by atoms with Gasteiger partial charge < -0.3 is 33.4 Å². The Balaban J connectivity index is 4.48. The summed E-state index contributed by atoms with van der Waals surface area (Å²) in [5.41, 5.74) is 0. The first-order chi connectivity index (χ1) is 19.5. The molecule has 41 heavy (non-hydrogen) atoms. The molecule has 0 saturated carbocycles. The van der Waals surface area contributed by atoms with Crippen LogP contribution in [0.3, 0.4) is 0 Å². The Morgan fingerprint density at radius 1 is 0.756 bits per heavy atom. The van der Waals surface area contributed by atoms with Gasteiger partial charge in [-0.05, 0) is 19.3 Å². The van der Waals surface area contributed by atoms with E-state index >= 15 is 0 Å². The molecule has 0 aromatic heterocycles. The second-order valence-corrected chi connectivity index (χ2v) is 13.8. The number of carboxylic acid groups (broad SMARTS) is 1. The van der Waals surface area contributed by atoms with Gasteiger partial charge in [-0.15, -0.1) is 0 Å². The number of rotatable bonds is 31. The molecular weight excluding hydrogens is 545 g/mol. The number of nitrogens with zero attached hydrogens (tertiary/aromatic N) is 1. The molecule has 0 aromatic rings. The molecule has 0 saturated heterocycles. The molecule has 0 aliphatic rings. The van der Waals surface area contributed by atoms with Crippen LogP contribution in [0.2, 0.25) is 0 Å². The van der Waals surface area contributed by atoms with Crippen LogP contribution < -0.4 is 4.89 Å². The summed E-state index contributed by atoms with van der Waals surface area (Å²) in [7, 11) is 1.30. The zero-order chi connectivity index (χ0) is 30.8. The smallest absolute Gasteiger partial charge is 0.303 e. The molecule has 0 heterocycles. The molecule has 0 aliphatic heterocycles. The fourth-order valence-electron chi connectivity index (χ4n) is 4.71. The third kappa shape index (κ3) is 28.0. The van der Waals surface area contributed by atoms with Crippen molar-refractivity contribution in [1.82, 2.24) is 0 Å². The molecule has 3 atom stereocenters. The van der Waals surface area contributed by atoms with Gasteiger partial charge in [0.25, 0.3) is 7.82 Å². The van der Waals surface area contributed by atoms with E-state index in [1.807, 2.05) is 21.1 Å². The number of phosphoric acid groups is 1. The molecule has 0 aromatic carbocycles. The Hall–Kier alpha value is -0.540. The van der Waals surface area contributed by atoms with Crippen LogP contribution in [-0.2, 0) is 23.1 Å². The number of hydrogen-bond acceptors (Lipinski definition) is 7. The molecule has 0 aliphatic carbocycles. The summed E-state index contributed by atoms with van der Waals surface area (Å²) < 4.78 is 29.6. The number of phosphoric ester groups is 1. The summed E-state index contributed by atoms with van der Waals surface area (Å²) in [6.45, 7) is 2.79. The van der Waals surface area contributed by atoms with E-state index < -0.39 is 26.0 Å². The summed E-state index contributed by atoms with van der Waals surface area (Å²) in [6, 6.07) is 0. The summed E-state index contributed by atoms with van der Waals surface area (Å²) in [5.74, 6) is -0.796. The van der Waals surface area contributed by atoms with Crippen LogP contribution in [0.15, 0.2) is 0 Å². The number of ether oxygens (including phenoxy) is 1. The van der Waals surface area contributed by atoms with Crippen molar-refractivity contribution in [2.24, 2.45) is 0 Å². The molecule has 2 N–H and O–H groups in total. The lowest BCUT2D eigenvalue weighted by Gasteiger charge is -2.33. The van der Waals surface area contributed by atoms with Crippen LogP contribution >= 0.6 is 7.82 Å². The molecule has 0 amide bonds. The Morgan fingerprint density at radius 2 is 1.24 bits per heavy atom. The van der Waals surface area contributed by atoms with E-state index in [0.29, 0.717) is 36.9 Å². The Bertz CT molecular complexity index is 659. The monoisotopic (exact) mass is 609 g/mol. The topological polar surface area (TPSA) is 125 Å². The minimum absolute atomic E-state index is 0.0246. The lowest BCUT2D eigenvalue weighted by Crippen LogP contribution is -2.38. The molecule has 0 bridgehead atoms. The van der Waals surface area contributed by atoms with Gasteiger partial charge in [0.2, 0.25) is 0 Å². The molecule has 0 spiro atoms. The molecule has 246 valence electrons. The number of aliphatic hydroxyl groups excluding tert-OH is 1. The number of likely N-dealkylation sites (N-methyl/N-ethyl adjacent to an activating group) is 1. The average molecular weight is 610 g/mol. The van der Waals surface area contributed by atoms with Gasteiger partial charge in [-0.3, -0.25) is 9.36 Å². The lowest BCUT2D eigenvalue weighted by atomic mass is 10.0. The van der Waals surface area contributed by atoms with Gasteiger partial charge in [0, 0.05) is 13.0 Å². The highest BCUT2D eigenvalue weighted by molar-refractivity contribution is 7.45. The number of hydrogen-bond donors (Lipinski definition) is 2. The maximum atomic E-state index is 12.6. The zero-order valence-electron chi connectivity index (χ0n) is 26.9. The fourth-order valence-corrected chi connectivity index (χ4v) is 5.65. The van der Waals surface area contributed by atoms with Crippen LogP contribution in [-0.4, -0.2) is 80.4 Å². The van der Waals surface area contributed by atoms with E-state index in [4.69, 9.17) is 18.9 Å². The van der Waals surface area contributed by atoms with Gasteiger partial charge in [-0.2, -0.15) is 0 Å². The zero-order valence-corrected chi connectivity index (χ0v) is 27.8. The van der Waals surface area contributed by atoms with E-state index in [1.54, 1.807) is 0 Å². The van der Waals surface area contributed by atoms with Crippen molar-refractivity contribution in [3.63, 3.8) is 0 Å². The first-order valence-corrected chi connectivity index (χ1v) is 17.9. The first-order valence-electron chi connectivity index (χ1n) is 16.4. The molecule has 10 heteroatoms. The summed E-state index contributed by atoms with van der Waals surface area (Å²) in [5, 5.41) is 18.7. The van der Waals surface area contributed by atoms with Crippen LogP contribution in [0.4, 0.5) is 0 Å². The number of unbranched alkanes of at least 4 members (excludes halogenated alkanes) is 16. The number of quaternary nitrogens is 1. The van der Waals surface area contributed by atoms with Gasteiger partial charge in [-0.1, -0.05) is 110 Å². The van der Waals surface area contributed by atoms with Crippen LogP contribution in [0, 0.1) is 0 Å². The van der Waals surface area contributed by atoms with Gasteiger partial charge in [0.1, 0.15) is 19.3 Å². The van der Waals surface area contributed by atoms with E-state index in [0.717, 1.165) is 32.1 Å². The molecule has 0 radical (unpaired) electrons. The third-order valence-electron chi connectivity index (χ3n) is 7.33. The van der Waals surface area contributed by atoms with E-state index in [2.05, 4.69) is 6.92 Å². The molecule has 1 unspecified atom stereocenters. The van der Waals surface area contributed by atoms with Crippen molar-refractivity contribution < 1.29 is 42.7 Å². The standard InChI is InChI=1S/C31H64NO8P/c1-5-6-7-8-9-10-11-12-13-14-15-16-17-20-23-29(40-41(36,37)39-27-25-32(2,3)4)30(28-33)38-26-22-19-18-21-24-31(34)35/h29-30,33H,5-28H2,1-4H3,(H-,34,35,36,37)/t29-,30+/m1/s1. The van der Waals surface area contributed by atoms with Crippen molar-refractivity contribution in [3.8, 4) is 0 Å². The van der Waals surface area contributed by atoms with Crippen molar-refractivity contribution >= 4 is 13.8 Å². The van der Waals surface area contributed by atoms with E-state index in [1.165, 1.54) is 70.6 Å². The lowest BCUT2D eigenvalue weighted by molar-refractivity contribution is -0.870. The highest BCUT2D eigenvalue weighted by Crippen LogP contribution is 2.41. The minimum Gasteiger partial charge on any atom is -0.756 e. The number of aliphatic hydroxyl groups is 1. The van der Waals surface area contributed by atoms with Crippen LogP contribution in [0.25, 0.3) is 0 Å². The van der Waals surface area contributed by atoms with Gasteiger partial charge in [0.15, 0.2) is 0 Å². The predicted molar refractivity (Wildman–Crippen MR) is 164 cm³/mol. The Kier molecular flexibility index (Phi) is 25.6. The summed E-state index contributed by atoms with van der Waals surface area (Å²) >= 11 is 0. The molecular formula is C31H64NO8P. The quantitative estimate of drug-likeness (QED) is 0.0497. The largest absolute Gasteiger partial charge is 0.756 e. The van der Waals surface area contributed by atoms with E-state index in [-0.39, 0.29) is 19.6 Å². The number of carboxylic acids is 1. The maximum Gasteiger partial charge on any atom is 0.303 e. The highest BCUT2D eigenvalue weighted by Gasteiger charge is 2.27. The molecule has 0 rings (SSSR count). The molecule has 9 nitrogen and oxygen atoms in total. The van der Waals surface area contributed by atoms with Gasteiger partial charge >= 0.3 is 5.97 Å². The van der Waals surface area contributed by atoms with E-state index in [9.17, 15) is 19.4 Å². The minimum atomic E-state index is -4.56. The van der Waals surface area contributed by atoms with Crippen LogP contribution in [0.5, 0.6) is 0 Å². The van der Waals surface area contributed by atoms with Crippen molar-refractivity contribution in [3.05, 3.63) is 0 Å². The SMILES string of the molecule is CCCCCCCCCCCCCCCC[C@@H](OP(=O)([O-])OCC[N+](C)(C)C)[C@H](CO)OCCCCCCC(=O)O. The fraction of sp³-hybridized carbons (Fsp3) is 0.968. The predicted octanol–water partition coefficient (Wildman–Crippen LogP) is 6.85. The van der Waals surface area contributed by atoms with Crippen LogP contribution in [0.1, 0.15) is 135 Å². The molecule has 0 fully saturated rings. The number of carbonyl (C=O) groups is 1. The van der Waals surface area contributed by atoms with Crippen molar-refractivity contribution in [2.75, 3.05) is 47.5 Å². The van der Waals surface area contributed by atoms with Crippen molar-refractivity contribution in [2.45, 2.75) is 148 Å². The Morgan fingerprint density at radius 3 is 1.73 bits per heavy atom. The maximum absolute atomic E-state index is 12.6. The highest BCUT2D eigenvalue weighted by atomic mass is 31.2. The first kappa shape index (κ1) is 40.5. The Labute approximate surface area is 251 Å². The normalized spacial score (nSPS) is 15.1. The number of aliphatic carboxylic acids is 1. The summed E-state index contributed by atoms with van der Waals surface area (Å²) in [4.78, 5) is 23.2. The third-order valence-corrected chi connectivity index (χ3v) is 8.36. The van der Waals surface area contributed by atoms with Gasteiger partial charge in [0.05, 0.1) is 33.9 Å². The summed E-state index contributed by atoms with van der Waals surface area (Å²) in [6.07, 6.45) is 19.3. The average Bonchev–Trinajstić information content (AvgIpc) is 2.88.